The van der Waals surface area contributed by atoms with Crippen LogP contribution in [0.15, 0.2) is 36.4 Å². The van der Waals surface area contributed by atoms with Gasteiger partial charge in [-0.15, -0.1) is 0 Å². The molecule has 0 saturated heterocycles. The molecule has 0 aliphatic carbocycles. The molecule has 3 heteroatoms. The topological polar surface area (TPSA) is 0 Å². The molecule has 0 aliphatic rings. The summed E-state index contributed by atoms with van der Waals surface area (Å²) in [7, 11) is 0. The molecule has 94 valence electrons. The standard InChI is InChI=1S/C15H13BrF2/c1-9-6-7-11(10(2)8-9)14(16)12-4-3-5-13(17)15(12)18/h3-8,14H,1-2H3. The molecule has 0 radical (unpaired) electrons. The van der Waals surface area contributed by atoms with E-state index in [0.717, 1.165) is 22.8 Å². The molecule has 1 atom stereocenters. The van der Waals surface area contributed by atoms with Crippen LogP contribution < -0.4 is 0 Å². The molecule has 0 bridgehead atoms. The Bertz CT molecular complexity index is 579. The zero-order valence-corrected chi connectivity index (χ0v) is 11.8. The van der Waals surface area contributed by atoms with Crippen molar-refractivity contribution in [3.63, 3.8) is 0 Å². The van der Waals surface area contributed by atoms with Crippen LogP contribution in [0.5, 0.6) is 0 Å². The van der Waals surface area contributed by atoms with E-state index in [0.29, 0.717) is 5.56 Å². The molecule has 0 amide bonds. The van der Waals surface area contributed by atoms with Crippen molar-refractivity contribution in [1.29, 1.82) is 0 Å². The van der Waals surface area contributed by atoms with Gasteiger partial charge in [0.15, 0.2) is 11.6 Å². The first-order valence-corrected chi connectivity index (χ1v) is 6.57. The molecule has 0 fully saturated rings. The first kappa shape index (κ1) is 13.2. The van der Waals surface area contributed by atoms with E-state index in [-0.39, 0.29) is 4.83 Å². The summed E-state index contributed by atoms with van der Waals surface area (Å²) in [4.78, 5) is -0.339. The van der Waals surface area contributed by atoms with Gasteiger partial charge in [0.25, 0.3) is 0 Å². The lowest BCUT2D eigenvalue weighted by Gasteiger charge is -2.15. The van der Waals surface area contributed by atoms with Crippen LogP contribution in [-0.4, -0.2) is 0 Å². The van der Waals surface area contributed by atoms with Crippen LogP contribution in [0.3, 0.4) is 0 Å². The minimum absolute atomic E-state index is 0.321. The third-order valence-electron chi connectivity index (χ3n) is 2.95. The Morgan fingerprint density at radius 3 is 2.39 bits per heavy atom. The van der Waals surface area contributed by atoms with Gasteiger partial charge in [-0.1, -0.05) is 51.8 Å². The van der Waals surface area contributed by atoms with Crippen molar-refractivity contribution in [3.8, 4) is 0 Å². The lowest BCUT2D eigenvalue weighted by atomic mass is 9.98. The van der Waals surface area contributed by atoms with E-state index in [1.165, 1.54) is 6.07 Å². The Labute approximate surface area is 114 Å². The van der Waals surface area contributed by atoms with Crippen molar-refractivity contribution in [1.82, 2.24) is 0 Å². The maximum atomic E-state index is 13.7. The van der Waals surface area contributed by atoms with Gasteiger partial charge in [-0.05, 0) is 31.0 Å². The average Bonchev–Trinajstić information content (AvgIpc) is 2.32. The maximum Gasteiger partial charge on any atom is 0.163 e. The van der Waals surface area contributed by atoms with Gasteiger partial charge in [0, 0.05) is 5.56 Å². The molecule has 0 heterocycles. The van der Waals surface area contributed by atoms with Gasteiger partial charge < -0.3 is 0 Å². The summed E-state index contributed by atoms with van der Waals surface area (Å²) in [6.45, 7) is 3.97. The fourth-order valence-corrected chi connectivity index (χ4v) is 2.86. The van der Waals surface area contributed by atoms with Gasteiger partial charge in [0.05, 0.1) is 4.83 Å². The molecule has 2 rings (SSSR count). The monoisotopic (exact) mass is 310 g/mol. The average molecular weight is 311 g/mol. The summed E-state index contributed by atoms with van der Waals surface area (Å²) in [5.41, 5.74) is 3.48. The lowest BCUT2D eigenvalue weighted by molar-refractivity contribution is 0.500. The van der Waals surface area contributed by atoms with E-state index >= 15 is 0 Å². The summed E-state index contributed by atoms with van der Waals surface area (Å²) in [5.74, 6) is -1.61. The van der Waals surface area contributed by atoms with Gasteiger partial charge >= 0.3 is 0 Å². The van der Waals surface area contributed by atoms with Crippen molar-refractivity contribution < 1.29 is 8.78 Å². The van der Waals surface area contributed by atoms with Crippen molar-refractivity contribution in [2.75, 3.05) is 0 Å². The Balaban J connectivity index is 2.48. The van der Waals surface area contributed by atoms with Crippen molar-refractivity contribution in [2.45, 2.75) is 18.7 Å². The highest BCUT2D eigenvalue weighted by molar-refractivity contribution is 9.09. The molecular weight excluding hydrogens is 298 g/mol. The zero-order chi connectivity index (χ0) is 13.3. The molecule has 0 aromatic heterocycles. The maximum absolute atomic E-state index is 13.7. The van der Waals surface area contributed by atoms with Crippen LogP contribution in [0.25, 0.3) is 0 Å². The summed E-state index contributed by atoms with van der Waals surface area (Å²) in [6, 6.07) is 10.2. The SMILES string of the molecule is Cc1ccc(C(Br)c2cccc(F)c2F)c(C)c1. The Hall–Kier alpha value is -1.22. The lowest BCUT2D eigenvalue weighted by Crippen LogP contribution is -2.01. The number of hydrogen-bond acceptors (Lipinski definition) is 0. The van der Waals surface area contributed by atoms with Gasteiger partial charge in [0.1, 0.15) is 0 Å². The van der Waals surface area contributed by atoms with Gasteiger partial charge in [0.2, 0.25) is 0 Å². The Morgan fingerprint density at radius 1 is 1.00 bits per heavy atom. The highest BCUT2D eigenvalue weighted by Gasteiger charge is 2.18. The van der Waals surface area contributed by atoms with Crippen molar-refractivity contribution >= 4 is 15.9 Å². The molecule has 0 spiro atoms. The van der Waals surface area contributed by atoms with Crippen LogP contribution >= 0.6 is 15.9 Å². The first-order valence-electron chi connectivity index (χ1n) is 5.66. The molecule has 0 saturated carbocycles. The highest BCUT2D eigenvalue weighted by Crippen LogP contribution is 2.35. The van der Waals surface area contributed by atoms with E-state index in [4.69, 9.17) is 0 Å². The van der Waals surface area contributed by atoms with E-state index in [9.17, 15) is 8.78 Å². The fourth-order valence-electron chi connectivity index (χ4n) is 1.99. The molecule has 0 nitrogen and oxygen atoms in total. The van der Waals surface area contributed by atoms with Crippen LogP contribution in [0.4, 0.5) is 8.78 Å². The van der Waals surface area contributed by atoms with Crippen molar-refractivity contribution in [3.05, 3.63) is 70.3 Å². The van der Waals surface area contributed by atoms with Gasteiger partial charge in [-0.2, -0.15) is 0 Å². The third-order valence-corrected chi connectivity index (χ3v) is 3.94. The number of halogens is 3. The minimum atomic E-state index is -0.818. The normalized spacial score (nSPS) is 12.5. The van der Waals surface area contributed by atoms with Crippen molar-refractivity contribution in [2.24, 2.45) is 0 Å². The predicted octanol–water partition coefficient (Wildman–Crippen LogP) is 5.07. The van der Waals surface area contributed by atoms with Gasteiger partial charge in [-0.3, -0.25) is 0 Å². The quantitative estimate of drug-likeness (QED) is 0.680. The number of aryl methyl sites for hydroxylation is 2. The largest absolute Gasteiger partial charge is 0.204 e. The Morgan fingerprint density at radius 2 is 1.72 bits per heavy atom. The molecular formula is C15H13BrF2. The van der Waals surface area contributed by atoms with Gasteiger partial charge in [-0.25, -0.2) is 8.78 Å². The molecule has 0 N–H and O–H groups in total. The molecule has 1 unspecified atom stereocenters. The second-order valence-corrected chi connectivity index (χ2v) is 5.28. The van der Waals surface area contributed by atoms with Crippen LogP contribution in [0.1, 0.15) is 27.1 Å². The van der Waals surface area contributed by atoms with Crippen LogP contribution in [0.2, 0.25) is 0 Å². The van der Waals surface area contributed by atoms with E-state index in [2.05, 4.69) is 15.9 Å². The summed E-state index contributed by atoms with van der Waals surface area (Å²) in [6.07, 6.45) is 0. The first-order chi connectivity index (χ1) is 8.50. The number of benzene rings is 2. The zero-order valence-electron chi connectivity index (χ0n) is 10.2. The van der Waals surface area contributed by atoms with Crippen LogP contribution in [-0.2, 0) is 0 Å². The van der Waals surface area contributed by atoms with E-state index < -0.39 is 11.6 Å². The molecule has 2 aromatic rings. The summed E-state index contributed by atoms with van der Waals surface area (Å²) in [5, 5.41) is 0. The smallest absolute Gasteiger partial charge is 0.163 e. The Kier molecular flexibility index (Phi) is 3.81. The van der Waals surface area contributed by atoms with E-state index in [1.54, 1.807) is 6.07 Å². The number of alkyl halides is 1. The second-order valence-electron chi connectivity index (χ2n) is 4.37. The fraction of sp³-hybridized carbons (Fsp3) is 0.200. The summed E-state index contributed by atoms with van der Waals surface area (Å²) >= 11 is 3.45. The third kappa shape index (κ3) is 2.46. The highest BCUT2D eigenvalue weighted by atomic mass is 79.9. The molecule has 18 heavy (non-hydrogen) atoms. The minimum Gasteiger partial charge on any atom is -0.204 e. The number of rotatable bonds is 2. The molecule has 2 aromatic carbocycles. The summed E-state index contributed by atoms with van der Waals surface area (Å²) < 4.78 is 27.0. The number of hydrogen-bond donors (Lipinski definition) is 0. The second kappa shape index (κ2) is 5.19. The van der Waals surface area contributed by atoms with Crippen LogP contribution in [0, 0.1) is 25.5 Å². The van der Waals surface area contributed by atoms with E-state index in [1.807, 2.05) is 32.0 Å². The molecule has 0 aliphatic heterocycles. The predicted molar refractivity (Wildman–Crippen MR) is 73.0 cm³/mol.